The van der Waals surface area contributed by atoms with E-state index in [1.807, 2.05) is 6.07 Å². The third-order valence-corrected chi connectivity index (χ3v) is 3.19. The number of pyridine rings is 1. The number of rotatable bonds is 2. The monoisotopic (exact) mass is 286 g/mol. The summed E-state index contributed by atoms with van der Waals surface area (Å²) >= 11 is 0. The van der Waals surface area contributed by atoms with Gasteiger partial charge in [-0.3, -0.25) is 14.2 Å². The lowest BCUT2D eigenvalue weighted by Gasteiger charge is -2.30. The van der Waals surface area contributed by atoms with Gasteiger partial charge in [0.25, 0.3) is 11.5 Å². The zero-order valence-corrected chi connectivity index (χ0v) is 11.9. The first-order valence-electron chi connectivity index (χ1n) is 6.03. The Morgan fingerprint density at radius 2 is 1.95 bits per heavy atom. The molecule has 7 heteroatoms. The summed E-state index contributed by atoms with van der Waals surface area (Å²) < 4.78 is 1.54. The van der Waals surface area contributed by atoms with Gasteiger partial charge in [0.1, 0.15) is 11.4 Å². The van der Waals surface area contributed by atoms with Gasteiger partial charge in [-0.15, -0.1) is 12.4 Å². The van der Waals surface area contributed by atoms with Crippen LogP contribution in [0.1, 0.15) is 10.4 Å². The summed E-state index contributed by atoms with van der Waals surface area (Å²) in [5.74, 6) is 0.511. The number of amides is 1. The first-order chi connectivity index (χ1) is 8.65. The largest absolute Gasteiger partial charge is 0.355 e. The van der Waals surface area contributed by atoms with Crippen molar-refractivity contribution in [1.29, 1.82) is 0 Å². The summed E-state index contributed by atoms with van der Waals surface area (Å²) in [6.07, 6.45) is 0. The van der Waals surface area contributed by atoms with Crippen LogP contribution in [0, 0.1) is 0 Å². The quantitative estimate of drug-likeness (QED) is 0.775. The Hall–Kier alpha value is -1.53. The molecule has 1 aromatic rings. The molecule has 2 rings (SSSR count). The lowest BCUT2D eigenvalue weighted by Crippen LogP contribution is -2.45. The van der Waals surface area contributed by atoms with Crippen LogP contribution in [0.5, 0.6) is 0 Å². The third kappa shape index (κ3) is 3.08. The number of halogens is 1. The van der Waals surface area contributed by atoms with E-state index in [1.54, 1.807) is 13.1 Å². The van der Waals surface area contributed by atoms with Crippen molar-refractivity contribution >= 4 is 24.1 Å². The predicted molar refractivity (Wildman–Crippen MR) is 77.4 cm³/mol. The lowest BCUT2D eigenvalue weighted by molar-refractivity contribution is 0.0961. The minimum Gasteiger partial charge on any atom is -0.355 e. The number of nitrogens with one attached hydrogen (secondary N) is 2. The Balaban J connectivity index is 0.00000180. The molecule has 6 nitrogen and oxygen atoms in total. The minimum atomic E-state index is -0.345. The molecule has 2 N–H and O–H groups in total. The van der Waals surface area contributed by atoms with Gasteiger partial charge < -0.3 is 15.5 Å². The Kier molecular flexibility index (Phi) is 5.38. The van der Waals surface area contributed by atoms with Crippen molar-refractivity contribution in [2.24, 2.45) is 7.05 Å². The fourth-order valence-corrected chi connectivity index (χ4v) is 2.14. The van der Waals surface area contributed by atoms with E-state index in [4.69, 9.17) is 0 Å². The molecule has 0 atom stereocenters. The maximum atomic E-state index is 12.1. The summed E-state index contributed by atoms with van der Waals surface area (Å²) in [5.41, 5.74) is -0.0794. The third-order valence-electron chi connectivity index (χ3n) is 3.19. The molecule has 0 unspecified atom stereocenters. The molecule has 1 saturated heterocycles. The molecule has 19 heavy (non-hydrogen) atoms. The normalized spacial score (nSPS) is 14.7. The van der Waals surface area contributed by atoms with E-state index in [0.717, 1.165) is 32.0 Å². The summed E-state index contributed by atoms with van der Waals surface area (Å²) in [4.78, 5) is 25.8. The molecular formula is C12H19ClN4O2. The number of hydrogen-bond acceptors (Lipinski definition) is 4. The number of aromatic nitrogens is 1. The predicted octanol–water partition coefficient (Wildman–Crippen LogP) is -0.424. The summed E-state index contributed by atoms with van der Waals surface area (Å²) in [5, 5.41) is 5.74. The Bertz CT molecular complexity index is 509. The van der Waals surface area contributed by atoms with Gasteiger partial charge in [-0.25, -0.2) is 0 Å². The van der Waals surface area contributed by atoms with E-state index in [-0.39, 0.29) is 29.4 Å². The first-order valence-corrected chi connectivity index (χ1v) is 6.03. The molecule has 0 saturated carbocycles. The summed E-state index contributed by atoms with van der Waals surface area (Å²) in [7, 11) is 3.22. The fraction of sp³-hybridized carbons (Fsp3) is 0.500. The van der Waals surface area contributed by atoms with Crippen molar-refractivity contribution in [2.75, 3.05) is 38.1 Å². The lowest BCUT2D eigenvalue weighted by atomic mass is 10.2. The maximum Gasteiger partial charge on any atom is 0.264 e. The van der Waals surface area contributed by atoms with Gasteiger partial charge >= 0.3 is 0 Å². The van der Waals surface area contributed by atoms with Gasteiger partial charge in [-0.1, -0.05) is 0 Å². The second kappa shape index (κ2) is 6.58. The Morgan fingerprint density at radius 3 is 2.53 bits per heavy atom. The molecule has 1 amide bonds. The molecule has 0 aliphatic carbocycles. The molecule has 0 bridgehead atoms. The zero-order valence-electron chi connectivity index (χ0n) is 11.1. The van der Waals surface area contributed by atoms with Crippen LogP contribution in [-0.4, -0.2) is 43.7 Å². The van der Waals surface area contributed by atoms with E-state index < -0.39 is 0 Å². The van der Waals surface area contributed by atoms with Gasteiger partial charge in [0, 0.05) is 40.3 Å². The van der Waals surface area contributed by atoms with Crippen molar-refractivity contribution < 1.29 is 4.79 Å². The molecule has 0 spiro atoms. The molecule has 1 aromatic heterocycles. The van der Waals surface area contributed by atoms with Gasteiger partial charge in [-0.05, 0) is 12.1 Å². The maximum absolute atomic E-state index is 12.1. The van der Waals surface area contributed by atoms with Crippen LogP contribution in [0.3, 0.4) is 0 Å². The van der Waals surface area contributed by atoms with Crippen molar-refractivity contribution in [2.45, 2.75) is 0 Å². The van der Waals surface area contributed by atoms with Gasteiger partial charge in [0.15, 0.2) is 0 Å². The van der Waals surface area contributed by atoms with E-state index >= 15 is 0 Å². The van der Waals surface area contributed by atoms with E-state index in [1.165, 1.54) is 11.6 Å². The van der Waals surface area contributed by atoms with Crippen LogP contribution in [0.25, 0.3) is 0 Å². The fourth-order valence-electron chi connectivity index (χ4n) is 2.14. The van der Waals surface area contributed by atoms with E-state index in [9.17, 15) is 9.59 Å². The van der Waals surface area contributed by atoms with Gasteiger partial charge in [0.2, 0.25) is 0 Å². The van der Waals surface area contributed by atoms with Crippen LogP contribution in [0.4, 0.5) is 5.82 Å². The number of hydrogen-bond donors (Lipinski definition) is 2. The number of nitrogens with zero attached hydrogens (tertiary/aromatic N) is 2. The molecule has 0 radical (unpaired) electrons. The Labute approximate surface area is 118 Å². The summed E-state index contributed by atoms with van der Waals surface area (Å²) in [6, 6.07) is 3.43. The number of carbonyl (C=O) groups is 1. The molecule has 0 aromatic carbocycles. The average Bonchev–Trinajstić information content (AvgIpc) is 2.42. The van der Waals surface area contributed by atoms with Gasteiger partial charge in [-0.2, -0.15) is 0 Å². The van der Waals surface area contributed by atoms with E-state index in [0.29, 0.717) is 0 Å². The van der Waals surface area contributed by atoms with Crippen molar-refractivity contribution in [3.05, 3.63) is 28.0 Å². The summed E-state index contributed by atoms with van der Waals surface area (Å²) in [6.45, 7) is 3.55. The molecule has 1 aliphatic rings. The number of carbonyl (C=O) groups excluding carboxylic acids is 1. The molecular weight excluding hydrogens is 268 g/mol. The van der Waals surface area contributed by atoms with Gasteiger partial charge in [0.05, 0.1) is 0 Å². The highest BCUT2D eigenvalue weighted by Crippen LogP contribution is 2.12. The number of piperazine rings is 1. The van der Waals surface area contributed by atoms with Crippen molar-refractivity contribution in [3.63, 3.8) is 0 Å². The Morgan fingerprint density at radius 1 is 1.32 bits per heavy atom. The van der Waals surface area contributed by atoms with E-state index in [2.05, 4.69) is 15.5 Å². The van der Waals surface area contributed by atoms with Crippen LogP contribution in [-0.2, 0) is 7.05 Å². The van der Waals surface area contributed by atoms with Crippen molar-refractivity contribution in [3.8, 4) is 0 Å². The van der Waals surface area contributed by atoms with Crippen LogP contribution >= 0.6 is 12.4 Å². The SMILES string of the molecule is CNC(=O)c1ccc(N2CCNCC2)n(C)c1=O.Cl. The number of anilines is 1. The minimum absolute atomic E-state index is 0. The van der Waals surface area contributed by atoms with Crippen LogP contribution in [0.2, 0.25) is 0 Å². The highest BCUT2D eigenvalue weighted by Gasteiger charge is 2.16. The standard InChI is InChI=1S/C12H18N4O2.ClH/c1-13-11(17)9-3-4-10(15(2)12(9)18)16-7-5-14-6-8-16;/h3-4,14H,5-8H2,1-2H3,(H,13,17);1H. The second-order valence-electron chi connectivity index (χ2n) is 4.29. The molecule has 1 fully saturated rings. The zero-order chi connectivity index (χ0) is 13.1. The molecule has 2 heterocycles. The van der Waals surface area contributed by atoms with Crippen LogP contribution < -0.4 is 21.1 Å². The highest BCUT2D eigenvalue weighted by atomic mass is 35.5. The molecule has 106 valence electrons. The van der Waals surface area contributed by atoms with Crippen molar-refractivity contribution in [1.82, 2.24) is 15.2 Å². The topological polar surface area (TPSA) is 66.4 Å². The average molecular weight is 287 g/mol. The first kappa shape index (κ1) is 15.5. The second-order valence-corrected chi connectivity index (χ2v) is 4.29. The van der Waals surface area contributed by atoms with Crippen LogP contribution in [0.15, 0.2) is 16.9 Å². The highest BCUT2D eigenvalue weighted by molar-refractivity contribution is 5.93. The smallest absolute Gasteiger partial charge is 0.264 e. The molecule has 1 aliphatic heterocycles.